The van der Waals surface area contributed by atoms with Gasteiger partial charge in [0.1, 0.15) is 23.2 Å². The van der Waals surface area contributed by atoms with E-state index in [0.717, 1.165) is 0 Å². The molecule has 0 aromatic carbocycles. The maximum atomic E-state index is 14.4. The highest BCUT2D eigenvalue weighted by Crippen LogP contribution is 2.23. The molecule has 0 saturated carbocycles. The molecule has 0 bridgehead atoms. The minimum atomic E-state index is -0.642. The zero-order valence-electron chi connectivity index (χ0n) is 18.2. The van der Waals surface area contributed by atoms with Crippen LogP contribution in [0.2, 0.25) is 0 Å². The van der Waals surface area contributed by atoms with Crippen LogP contribution in [-0.2, 0) is 20.8 Å². The number of carbonyl (C=O) groups excluding carboxylic acids is 2. The summed E-state index contributed by atoms with van der Waals surface area (Å²) >= 11 is 0. The molecule has 2 rings (SSSR count). The summed E-state index contributed by atoms with van der Waals surface area (Å²) in [5, 5.41) is 2.75. The molecule has 1 N–H and O–H groups in total. The summed E-state index contributed by atoms with van der Waals surface area (Å²) < 4.78 is 29.9. The molecule has 1 fully saturated rings. The SMILES string of the molecule is COCC=Cc1nc(OC)c(CNC(=O)[C@@H]2CCCN2C(=O)OC(C)(C)C)cc1F. The third kappa shape index (κ3) is 6.41. The lowest BCUT2D eigenvalue weighted by atomic mass is 10.2. The summed E-state index contributed by atoms with van der Waals surface area (Å²) in [6.45, 7) is 6.13. The smallest absolute Gasteiger partial charge is 0.410 e. The number of hydrogen-bond donors (Lipinski definition) is 1. The van der Waals surface area contributed by atoms with Crippen molar-refractivity contribution in [1.82, 2.24) is 15.2 Å². The minimum absolute atomic E-state index is 0.0205. The third-order valence-corrected chi connectivity index (χ3v) is 4.41. The Bertz CT molecular complexity index is 792. The molecule has 30 heavy (non-hydrogen) atoms. The second-order valence-corrected chi connectivity index (χ2v) is 7.93. The Morgan fingerprint density at radius 3 is 2.73 bits per heavy atom. The van der Waals surface area contributed by atoms with Crippen molar-refractivity contribution in [3.05, 3.63) is 29.2 Å². The molecule has 0 radical (unpaired) electrons. The number of pyridine rings is 1. The van der Waals surface area contributed by atoms with Gasteiger partial charge in [0.05, 0.1) is 13.7 Å². The fourth-order valence-electron chi connectivity index (χ4n) is 3.08. The quantitative estimate of drug-likeness (QED) is 0.725. The van der Waals surface area contributed by atoms with Gasteiger partial charge in [-0.2, -0.15) is 0 Å². The van der Waals surface area contributed by atoms with Gasteiger partial charge in [0.25, 0.3) is 0 Å². The van der Waals surface area contributed by atoms with Gasteiger partial charge in [-0.1, -0.05) is 6.08 Å². The number of ether oxygens (including phenoxy) is 3. The van der Waals surface area contributed by atoms with Gasteiger partial charge in [-0.3, -0.25) is 9.69 Å². The van der Waals surface area contributed by atoms with Crippen LogP contribution >= 0.6 is 0 Å². The maximum Gasteiger partial charge on any atom is 0.410 e. The number of aromatic nitrogens is 1. The molecule has 0 spiro atoms. The van der Waals surface area contributed by atoms with Crippen molar-refractivity contribution in [1.29, 1.82) is 0 Å². The predicted octanol–water partition coefficient (Wildman–Crippen LogP) is 2.90. The standard InChI is InChI=1S/C21H30FN3O5/c1-21(2,3)30-20(27)25-10-6-9-17(25)18(26)23-13-14-12-15(22)16(8-7-11-28-4)24-19(14)29-5/h7-8,12,17H,6,9-11,13H2,1-5H3,(H,23,26)/t17-/m0/s1. The molecule has 1 aromatic heterocycles. The summed E-state index contributed by atoms with van der Waals surface area (Å²) in [5.74, 6) is -0.655. The van der Waals surface area contributed by atoms with Crippen LogP contribution in [-0.4, -0.2) is 60.9 Å². The van der Waals surface area contributed by atoms with Crippen LogP contribution in [0.3, 0.4) is 0 Å². The Balaban J connectivity index is 2.06. The summed E-state index contributed by atoms with van der Waals surface area (Å²) in [6.07, 6.45) is 3.87. The van der Waals surface area contributed by atoms with Gasteiger partial charge in [0.2, 0.25) is 11.8 Å². The van der Waals surface area contributed by atoms with E-state index in [-0.39, 0.29) is 24.0 Å². The molecule has 1 aromatic rings. The van der Waals surface area contributed by atoms with E-state index >= 15 is 0 Å². The largest absolute Gasteiger partial charge is 0.481 e. The van der Waals surface area contributed by atoms with Crippen molar-refractivity contribution in [2.45, 2.75) is 51.8 Å². The molecular formula is C21H30FN3O5. The lowest BCUT2D eigenvalue weighted by molar-refractivity contribution is -0.125. The van der Waals surface area contributed by atoms with E-state index in [4.69, 9.17) is 14.2 Å². The molecule has 1 saturated heterocycles. The monoisotopic (exact) mass is 423 g/mol. The van der Waals surface area contributed by atoms with E-state index in [1.807, 2.05) is 0 Å². The fourth-order valence-corrected chi connectivity index (χ4v) is 3.08. The summed E-state index contributed by atoms with van der Waals surface area (Å²) in [4.78, 5) is 30.6. The van der Waals surface area contributed by atoms with Crippen LogP contribution in [0.5, 0.6) is 5.88 Å². The van der Waals surface area contributed by atoms with E-state index in [2.05, 4.69) is 10.3 Å². The number of nitrogens with one attached hydrogen (secondary N) is 1. The number of halogens is 1. The maximum absolute atomic E-state index is 14.4. The van der Waals surface area contributed by atoms with Crippen molar-refractivity contribution in [2.75, 3.05) is 27.4 Å². The van der Waals surface area contributed by atoms with Gasteiger partial charge in [0, 0.05) is 25.8 Å². The van der Waals surface area contributed by atoms with Crippen LogP contribution in [0, 0.1) is 5.82 Å². The summed E-state index contributed by atoms with van der Waals surface area (Å²) in [7, 11) is 2.96. The normalized spacial score (nSPS) is 16.7. The lowest BCUT2D eigenvalue weighted by Crippen LogP contribution is -2.47. The molecule has 8 nitrogen and oxygen atoms in total. The predicted molar refractivity (Wildman–Crippen MR) is 109 cm³/mol. The first-order chi connectivity index (χ1) is 14.2. The van der Waals surface area contributed by atoms with Crippen molar-refractivity contribution >= 4 is 18.1 Å². The van der Waals surface area contributed by atoms with Crippen LogP contribution in [0.25, 0.3) is 6.08 Å². The van der Waals surface area contributed by atoms with Gasteiger partial charge >= 0.3 is 6.09 Å². The van der Waals surface area contributed by atoms with E-state index in [9.17, 15) is 14.0 Å². The Labute approximate surface area is 176 Å². The molecule has 1 aliphatic rings. The third-order valence-electron chi connectivity index (χ3n) is 4.41. The highest BCUT2D eigenvalue weighted by atomic mass is 19.1. The first-order valence-corrected chi connectivity index (χ1v) is 9.82. The van der Waals surface area contributed by atoms with Gasteiger partial charge in [-0.15, -0.1) is 0 Å². The molecule has 166 valence electrons. The van der Waals surface area contributed by atoms with Crippen LogP contribution in [0.15, 0.2) is 12.1 Å². The second-order valence-electron chi connectivity index (χ2n) is 7.93. The van der Waals surface area contributed by atoms with Gasteiger partial charge < -0.3 is 19.5 Å². The number of carbonyl (C=O) groups is 2. The molecule has 0 aliphatic carbocycles. The number of nitrogens with zero attached hydrogens (tertiary/aromatic N) is 2. The molecular weight excluding hydrogens is 393 g/mol. The minimum Gasteiger partial charge on any atom is -0.481 e. The average molecular weight is 423 g/mol. The molecule has 1 aliphatic heterocycles. The Morgan fingerprint density at radius 1 is 1.37 bits per heavy atom. The fraction of sp³-hybridized carbons (Fsp3) is 0.571. The Kier molecular flexibility index (Phi) is 8.16. The van der Waals surface area contributed by atoms with Crippen LogP contribution in [0.1, 0.15) is 44.9 Å². The summed E-state index contributed by atoms with van der Waals surface area (Å²) in [5.41, 5.74) is -0.128. The Hall–Kier alpha value is -2.68. The summed E-state index contributed by atoms with van der Waals surface area (Å²) in [6, 6.07) is 0.652. The van der Waals surface area contributed by atoms with E-state index in [1.54, 1.807) is 26.8 Å². The zero-order chi connectivity index (χ0) is 22.3. The van der Waals surface area contributed by atoms with Gasteiger partial charge in [0.15, 0.2) is 0 Å². The highest BCUT2D eigenvalue weighted by Gasteiger charge is 2.36. The number of amides is 2. The van der Waals surface area contributed by atoms with Crippen molar-refractivity contribution in [3.8, 4) is 5.88 Å². The Morgan fingerprint density at radius 2 is 2.10 bits per heavy atom. The van der Waals surface area contributed by atoms with Crippen molar-refractivity contribution in [2.24, 2.45) is 0 Å². The van der Waals surface area contributed by atoms with E-state index in [0.29, 0.717) is 31.6 Å². The van der Waals surface area contributed by atoms with Crippen LogP contribution in [0.4, 0.5) is 9.18 Å². The van der Waals surface area contributed by atoms with Crippen molar-refractivity contribution < 1.29 is 28.2 Å². The van der Waals surface area contributed by atoms with E-state index in [1.165, 1.54) is 31.3 Å². The number of hydrogen-bond acceptors (Lipinski definition) is 6. The molecule has 0 unspecified atom stereocenters. The van der Waals surface area contributed by atoms with Gasteiger partial charge in [-0.05, 0) is 45.8 Å². The lowest BCUT2D eigenvalue weighted by Gasteiger charge is -2.28. The van der Waals surface area contributed by atoms with E-state index < -0.39 is 23.6 Å². The number of rotatable bonds is 7. The number of likely N-dealkylation sites (tertiary alicyclic amines) is 1. The van der Waals surface area contributed by atoms with Crippen molar-refractivity contribution in [3.63, 3.8) is 0 Å². The zero-order valence-corrected chi connectivity index (χ0v) is 18.2. The topological polar surface area (TPSA) is 90.0 Å². The first kappa shape index (κ1) is 23.6. The molecule has 9 heteroatoms. The molecule has 1 atom stereocenters. The van der Waals surface area contributed by atoms with Gasteiger partial charge in [-0.25, -0.2) is 14.2 Å². The van der Waals surface area contributed by atoms with Crippen LogP contribution < -0.4 is 10.1 Å². The first-order valence-electron chi connectivity index (χ1n) is 9.82. The number of methoxy groups -OCH3 is 2. The second kappa shape index (κ2) is 10.4. The molecule has 2 amide bonds. The molecule has 2 heterocycles. The highest BCUT2D eigenvalue weighted by molar-refractivity contribution is 5.86. The average Bonchev–Trinajstić information content (AvgIpc) is 3.16.